The molecule has 10 heteroatoms. The van der Waals surface area contributed by atoms with Crippen molar-refractivity contribution >= 4 is 12.3 Å². The maximum atomic E-state index is 11.8. The van der Waals surface area contributed by atoms with E-state index in [2.05, 4.69) is 20.9 Å². The van der Waals surface area contributed by atoms with Gasteiger partial charge < -0.3 is 26.3 Å². The van der Waals surface area contributed by atoms with Gasteiger partial charge in [-0.05, 0) is 27.2 Å². The fourth-order valence-electron chi connectivity index (χ4n) is 2.24. The van der Waals surface area contributed by atoms with Crippen LogP contribution in [0.1, 0.15) is 45.7 Å². The van der Waals surface area contributed by atoms with Gasteiger partial charge in [0.15, 0.2) is 0 Å². The van der Waals surface area contributed by atoms with E-state index < -0.39 is 6.29 Å². The molecular weight excluding hydrogens is 338 g/mol. The summed E-state index contributed by atoms with van der Waals surface area (Å²) in [4.78, 5) is 22.8. The van der Waals surface area contributed by atoms with Crippen LogP contribution in [0.2, 0.25) is 0 Å². The molecule has 26 heavy (non-hydrogen) atoms. The molecule has 0 aliphatic carbocycles. The molecule has 0 fully saturated rings. The third kappa shape index (κ3) is 10.2. The number of hydrogen-bond acceptors (Lipinski definition) is 9. The number of esters is 1. The van der Waals surface area contributed by atoms with Crippen molar-refractivity contribution in [2.75, 3.05) is 6.61 Å². The van der Waals surface area contributed by atoms with E-state index in [0.717, 1.165) is 12.0 Å². The zero-order chi connectivity index (χ0) is 19.6. The Hall–Kier alpha value is -1.88. The van der Waals surface area contributed by atoms with Crippen molar-refractivity contribution in [2.24, 2.45) is 11.5 Å². The Bertz CT molecular complexity index is 554. The number of ether oxygens (including phenoxy) is 1. The zero-order valence-corrected chi connectivity index (χ0v) is 15.8. The number of carbonyl (C=O) groups excluding carboxylic acids is 2. The van der Waals surface area contributed by atoms with Crippen molar-refractivity contribution in [1.82, 2.24) is 25.6 Å². The van der Waals surface area contributed by atoms with Crippen LogP contribution >= 0.6 is 0 Å². The van der Waals surface area contributed by atoms with Crippen LogP contribution in [0.3, 0.4) is 0 Å². The second kappa shape index (κ2) is 11.0. The molecule has 1 atom stereocenters. The molecule has 0 amide bonds. The minimum absolute atomic E-state index is 0.184. The molecule has 0 bridgehead atoms. The minimum atomic E-state index is -0.600. The van der Waals surface area contributed by atoms with Gasteiger partial charge in [-0.1, -0.05) is 5.21 Å². The molecule has 6 N–H and O–H groups in total. The Labute approximate surface area is 154 Å². The van der Waals surface area contributed by atoms with Gasteiger partial charge in [-0.15, -0.1) is 5.10 Å². The highest BCUT2D eigenvalue weighted by atomic mass is 16.5. The lowest BCUT2D eigenvalue weighted by molar-refractivity contribution is -0.144. The predicted octanol–water partition coefficient (Wildman–Crippen LogP) is -0.762. The van der Waals surface area contributed by atoms with E-state index in [4.69, 9.17) is 16.2 Å². The van der Waals surface area contributed by atoms with Crippen LogP contribution in [-0.4, -0.2) is 51.7 Å². The standard InChI is InChI=1S/C16H31N7O3/c1-16(2,3)20-12(11-24)5-6-14(25)26-8-4-7-23-10-13(21-22-23)9-19-15(17)18/h10-12,15,19-20H,4-9,17-18H2,1-3H3/t12-/m0/s1. The van der Waals surface area contributed by atoms with E-state index in [-0.39, 0.29) is 24.0 Å². The highest BCUT2D eigenvalue weighted by Gasteiger charge is 2.17. The van der Waals surface area contributed by atoms with Crippen LogP contribution in [0, 0.1) is 0 Å². The van der Waals surface area contributed by atoms with Gasteiger partial charge in [0.2, 0.25) is 0 Å². The number of rotatable bonds is 12. The molecule has 148 valence electrons. The molecule has 1 rings (SSSR count). The van der Waals surface area contributed by atoms with E-state index in [1.165, 1.54) is 0 Å². The lowest BCUT2D eigenvalue weighted by atomic mass is 10.1. The van der Waals surface area contributed by atoms with Crippen LogP contribution in [0.15, 0.2) is 6.20 Å². The molecule has 0 aromatic carbocycles. The number of nitrogens with one attached hydrogen (secondary N) is 2. The monoisotopic (exact) mass is 369 g/mol. The summed E-state index contributed by atoms with van der Waals surface area (Å²) >= 11 is 0. The van der Waals surface area contributed by atoms with E-state index in [1.807, 2.05) is 20.8 Å². The summed E-state index contributed by atoms with van der Waals surface area (Å²) in [5.74, 6) is -0.312. The normalized spacial score (nSPS) is 13.0. The van der Waals surface area contributed by atoms with Crippen molar-refractivity contribution in [3.63, 3.8) is 0 Å². The first-order valence-corrected chi connectivity index (χ1v) is 8.72. The Morgan fingerprint density at radius 1 is 1.42 bits per heavy atom. The van der Waals surface area contributed by atoms with Crippen molar-refractivity contribution in [1.29, 1.82) is 0 Å². The zero-order valence-electron chi connectivity index (χ0n) is 15.8. The Morgan fingerprint density at radius 2 is 2.15 bits per heavy atom. The summed E-state index contributed by atoms with van der Waals surface area (Å²) in [6.45, 7) is 7.22. The second-order valence-electron chi connectivity index (χ2n) is 7.13. The maximum absolute atomic E-state index is 11.8. The van der Waals surface area contributed by atoms with E-state index in [1.54, 1.807) is 10.9 Å². The summed E-state index contributed by atoms with van der Waals surface area (Å²) in [5, 5.41) is 13.9. The van der Waals surface area contributed by atoms with Crippen LogP contribution in [0.5, 0.6) is 0 Å². The molecule has 1 aromatic heterocycles. The average Bonchev–Trinajstić information content (AvgIpc) is 3.00. The summed E-state index contributed by atoms with van der Waals surface area (Å²) in [5.41, 5.74) is 11.3. The third-order valence-electron chi connectivity index (χ3n) is 3.34. The summed E-state index contributed by atoms with van der Waals surface area (Å²) < 4.78 is 6.85. The number of hydrogen-bond donors (Lipinski definition) is 4. The van der Waals surface area contributed by atoms with E-state index in [0.29, 0.717) is 32.5 Å². The summed E-state index contributed by atoms with van der Waals surface area (Å²) in [6, 6.07) is -0.355. The number of aryl methyl sites for hydroxylation is 1. The lowest BCUT2D eigenvalue weighted by Gasteiger charge is -2.24. The van der Waals surface area contributed by atoms with Gasteiger partial charge in [0, 0.05) is 37.7 Å². The largest absolute Gasteiger partial charge is 0.466 e. The van der Waals surface area contributed by atoms with Gasteiger partial charge >= 0.3 is 5.97 Å². The highest BCUT2D eigenvalue weighted by molar-refractivity contribution is 5.70. The fourth-order valence-corrected chi connectivity index (χ4v) is 2.24. The first-order chi connectivity index (χ1) is 12.2. The first-order valence-electron chi connectivity index (χ1n) is 8.72. The minimum Gasteiger partial charge on any atom is -0.466 e. The average molecular weight is 369 g/mol. The summed E-state index contributed by atoms with van der Waals surface area (Å²) in [6.07, 6.45) is 3.25. The third-order valence-corrected chi connectivity index (χ3v) is 3.34. The summed E-state index contributed by atoms with van der Waals surface area (Å²) in [7, 11) is 0. The van der Waals surface area contributed by atoms with Gasteiger partial charge in [0.25, 0.3) is 0 Å². The Balaban J connectivity index is 2.19. The molecule has 0 spiro atoms. The van der Waals surface area contributed by atoms with Gasteiger partial charge in [0.05, 0.1) is 18.3 Å². The van der Waals surface area contributed by atoms with Crippen LogP contribution in [-0.2, 0) is 27.4 Å². The molecule has 10 nitrogen and oxygen atoms in total. The molecule has 0 aliphatic heterocycles. The number of nitrogens with two attached hydrogens (primary N) is 2. The Morgan fingerprint density at radius 3 is 2.77 bits per heavy atom. The first kappa shape index (κ1) is 22.2. The van der Waals surface area contributed by atoms with Gasteiger partial charge in [-0.3, -0.25) is 14.8 Å². The molecular formula is C16H31N7O3. The van der Waals surface area contributed by atoms with Crippen molar-refractivity contribution < 1.29 is 14.3 Å². The number of aldehydes is 1. The predicted molar refractivity (Wildman–Crippen MR) is 96.6 cm³/mol. The van der Waals surface area contributed by atoms with Gasteiger partial charge in [0.1, 0.15) is 12.6 Å². The lowest BCUT2D eigenvalue weighted by Crippen LogP contribution is -2.44. The van der Waals surface area contributed by atoms with Gasteiger partial charge in [-0.2, -0.15) is 0 Å². The maximum Gasteiger partial charge on any atom is 0.305 e. The van der Waals surface area contributed by atoms with E-state index in [9.17, 15) is 9.59 Å². The highest BCUT2D eigenvalue weighted by Crippen LogP contribution is 2.05. The van der Waals surface area contributed by atoms with Crippen molar-refractivity contribution in [2.45, 2.75) is 71.0 Å². The number of carbonyl (C=O) groups is 2. The van der Waals surface area contributed by atoms with E-state index >= 15 is 0 Å². The van der Waals surface area contributed by atoms with Gasteiger partial charge in [-0.25, -0.2) is 0 Å². The van der Waals surface area contributed by atoms with Crippen LogP contribution in [0.25, 0.3) is 0 Å². The molecule has 0 radical (unpaired) electrons. The quantitative estimate of drug-likeness (QED) is 0.161. The molecule has 1 heterocycles. The second-order valence-corrected chi connectivity index (χ2v) is 7.13. The topological polar surface area (TPSA) is 150 Å². The van der Waals surface area contributed by atoms with Crippen molar-refractivity contribution in [3.05, 3.63) is 11.9 Å². The van der Waals surface area contributed by atoms with Crippen LogP contribution in [0.4, 0.5) is 0 Å². The number of nitrogens with zero attached hydrogens (tertiary/aromatic N) is 3. The SMILES string of the molecule is CC(C)(C)N[C@H](C=O)CCC(=O)OCCCn1cc(CNC(N)N)nn1. The molecule has 0 unspecified atom stereocenters. The van der Waals surface area contributed by atoms with Crippen LogP contribution < -0.4 is 22.1 Å². The molecule has 1 aromatic rings. The molecule has 0 saturated carbocycles. The molecule has 0 saturated heterocycles. The Kier molecular flexibility index (Phi) is 9.35. The smallest absolute Gasteiger partial charge is 0.305 e. The number of aromatic nitrogens is 3. The molecule has 0 aliphatic rings. The fraction of sp³-hybridized carbons (Fsp3) is 0.750. The van der Waals surface area contributed by atoms with Crippen molar-refractivity contribution in [3.8, 4) is 0 Å².